The number of carbonyl (C=O) groups excluding carboxylic acids is 2. The molecule has 4 rings (SSSR count). The third-order valence-corrected chi connectivity index (χ3v) is 5.33. The maximum atomic E-state index is 12.6. The minimum Gasteiger partial charge on any atom is -0.445 e. The Labute approximate surface area is 201 Å². The van der Waals surface area contributed by atoms with Crippen molar-refractivity contribution in [2.24, 2.45) is 0 Å². The van der Waals surface area contributed by atoms with E-state index in [1.54, 1.807) is 47.3 Å². The van der Waals surface area contributed by atoms with Crippen LogP contribution >= 0.6 is 11.6 Å². The minimum atomic E-state index is -0.564. The first kappa shape index (κ1) is 22.9. The molecular formula is C25H22ClN5O3. The molecule has 4 aromatic rings. The first-order chi connectivity index (χ1) is 16.5. The van der Waals surface area contributed by atoms with Crippen molar-refractivity contribution in [3.8, 4) is 5.69 Å². The Hall–Kier alpha value is -4.30. The van der Waals surface area contributed by atoms with Crippen molar-refractivity contribution in [2.75, 3.05) is 11.1 Å². The maximum absolute atomic E-state index is 12.6. The van der Waals surface area contributed by atoms with Crippen LogP contribution in [0.4, 0.5) is 16.3 Å². The van der Waals surface area contributed by atoms with E-state index in [0.717, 1.165) is 16.8 Å². The Morgan fingerprint density at radius 3 is 2.41 bits per heavy atom. The van der Waals surface area contributed by atoms with Gasteiger partial charge in [0, 0.05) is 22.7 Å². The topological polar surface area (TPSA) is 111 Å². The Balaban J connectivity index is 1.29. The highest BCUT2D eigenvalue weighted by atomic mass is 35.5. The number of aromatic nitrogens is 2. The predicted molar refractivity (Wildman–Crippen MR) is 131 cm³/mol. The molecule has 0 fully saturated rings. The smallest absolute Gasteiger partial charge is 0.407 e. The summed E-state index contributed by atoms with van der Waals surface area (Å²) in [6.07, 6.45) is 1.08. The summed E-state index contributed by atoms with van der Waals surface area (Å²) in [5.41, 5.74) is 9.16. The third-order valence-electron chi connectivity index (χ3n) is 4.96. The number of halogens is 1. The van der Waals surface area contributed by atoms with E-state index in [4.69, 9.17) is 22.1 Å². The molecule has 0 aliphatic carbocycles. The number of ether oxygens (including phenoxy) is 1. The lowest BCUT2D eigenvalue weighted by Gasteiger charge is -2.09. The van der Waals surface area contributed by atoms with Crippen LogP contribution in [0.15, 0.2) is 85.1 Å². The number of nitrogen functional groups attached to an aromatic ring is 1. The maximum Gasteiger partial charge on any atom is 0.407 e. The number of hydrogen-bond acceptors (Lipinski definition) is 5. The summed E-state index contributed by atoms with van der Waals surface area (Å²) in [6, 6.07) is 23.4. The SMILES string of the molecule is Nc1cn(-c2ccccc2)nc1NC(=O)c1ccc(CNC(=O)OCc2ccccc2Cl)cc1. The largest absolute Gasteiger partial charge is 0.445 e. The van der Waals surface area contributed by atoms with Gasteiger partial charge in [-0.3, -0.25) is 4.79 Å². The number of nitrogens with one attached hydrogen (secondary N) is 2. The third kappa shape index (κ3) is 5.73. The van der Waals surface area contributed by atoms with Crippen molar-refractivity contribution >= 4 is 35.1 Å². The van der Waals surface area contributed by atoms with E-state index >= 15 is 0 Å². The second-order valence-corrected chi connectivity index (χ2v) is 7.79. The van der Waals surface area contributed by atoms with Crippen LogP contribution in [0, 0.1) is 0 Å². The number of carbonyl (C=O) groups is 2. The van der Waals surface area contributed by atoms with Gasteiger partial charge in [0.25, 0.3) is 5.91 Å². The number of benzene rings is 3. The summed E-state index contributed by atoms with van der Waals surface area (Å²) in [5, 5.41) is 10.3. The summed E-state index contributed by atoms with van der Waals surface area (Å²) in [4.78, 5) is 24.6. The molecule has 0 saturated heterocycles. The fourth-order valence-corrected chi connectivity index (χ4v) is 3.33. The molecule has 9 heteroatoms. The van der Waals surface area contributed by atoms with Gasteiger partial charge in [0.15, 0.2) is 5.82 Å². The van der Waals surface area contributed by atoms with Crippen LogP contribution in [0.25, 0.3) is 5.69 Å². The second-order valence-electron chi connectivity index (χ2n) is 7.39. The number of anilines is 2. The van der Waals surface area contributed by atoms with Crippen LogP contribution in [-0.2, 0) is 17.9 Å². The van der Waals surface area contributed by atoms with Crippen LogP contribution < -0.4 is 16.4 Å². The highest BCUT2D eigenvalue weighted by Gasteiger charge is 2.13. The normalized spacial score (nSPS) is 10.5. The summed E-state index contributed by atoms with van der Waals surface area (Å²) >= 11 is 6.05. The molecule has 0 saturated carbocycles. The van der Waals surface area contributed by atoms with Crippen molar-refractivity contribution in [1.29, 1.82) is 0 Å². The van der Waals surface area contributed by atoms with Crippen molar-refractivity contribution in [3.05, 3.63) is 107 Å². The Morgan fingerprint density at radius 2 is 1.68 bits per heavy atom. The van der Waals surface area contributed by atoms with E-state index < -0.39 is 6.09 Å². The molecule has 172 valence electrons. The van der Waals surface area contributed by atoms with E-state index in [-0.39, 0.29) is 24.9 Å². The number of rotatable bonds is 7. The molecule has 0 unspecified atom stereocenters. The molecule has 1 aromatic heterocycles. The zero-order valence-electron chi connectivity index (χ0n) is 18.1. The minimum absolute atomic E-state index is 0.0772. The van der Waals surface area contributed by atoms with E-state index in [1.807, 2.05) is 42.5 Å². The number of nitrogens with two attached hydrogens (primary N) is 1. The van der Waals surface area contributed by atoms with Gasteiger partial charge in [-0.2, -0.15) is 0 Å². The zero-order chi connectivity index (χ0) is 23.9. The molecule has 34 heavy (non-hydrogen) atoms. The molecule has 4 N–H and O–H groups in total. The van der Waals surface area contributed by atoms with Crippen LogP contribution in [0.5, 0.6) is 0 Å². The van der Waals surface area contributed by atoms with E-state index in [2.05, 4.69) is 15.7 Å². The molecule has 0 spiro atoms. The number of hydrogen-bond donors (Lipinski definition) is 3. The summed E-state index contributed by atoms with van der Waals surface area (Å²) < 4.78 is 6.79. The Bertz CT molecular complexity index is 1290. The molecule has 0 bridgehead atoms. The number of amides is 2. The molecule has 1 heterocycles. The monoisotopic (exact) mass is 475 g/mol. The van der Waals surface area contributed by atoms with Gasteiger partial charge < -0.3 is 21.1 Å². The van der Waals surface area contributed by atoms with Gasteiger partial charge >= 0.3 is 6.09 Å². The summed E-state index contributed by atoms with van der Waals surface area (Å²) in [6.45, 7) is 0.325. The van der Waals surface area contributed by atoms with Crippen LogP contribution in [0.1, 0.15) is 21.5 Å². The molecular weight excluding hydrogens is 454 g/mol. The predicted octanol–water partition coefficient (Wildman–Crippen LogP) is 4.79. The van der Waals surface area contributed by atoms with Gasteiger partial charge in [-0.15, -0.1) is 5.10 Å². The molecule has 0 aliphatic heterocycles. The lowest BCUT2D eigenvalue weighted by molar-refractivity contribution is 0.102. The van der Waals surface area contributed by atoms with Crippen LogP contribution in [-0.4, -0.2) is 21.8 Å². The van der Waals surface area contributed by atoms with Crippen molar-refractivity contribution in [2.45, 2.75) is 13.2 Å². The molecule has 0 aliphatic rings. The zero-order valence-corrected chi connectivity index (χ0v) is 18.8. The fourth-order valence-electron chi connectivity index (χ4n) is 3.14. The number of alkyl carbamates (subject to hydrolysis) is 1. The average molecular weight is 476 g/mol. The molecule has 0 atom stereocenters. The first-order valence-electron chi connectivity index (χ1n) is 10.4. The first-order valence-corrected chi connectivity index (χ1v) is 10.8. The van der Waals surface area contributed by atoms with Gasteiger partial charge in [0.05, 0.1) is 17.6 Å². The van der Waals surface area contributed by atoms with Crippen molar-refractivity contribution in [1.82, 2.24) is 15.1 Å². The summed E-state index contributed by atoms with van der Waals surface area (Å²) in [5.74, 6) is -0.0652. The fraction of sp³-hybridized carbons (Fsp3) is 0.0800. The van der Waals surface area contributed by atoms with Gasteiger partial charge in [0.2, 0.25) is 0 Å². The molecule has 8 nitrogen and oxygen atoms in total. The lowest BCUT2D eigenvalue weighted by Crippen LogP contribution is -2.23. The molecule has 3 aromatic carbocycles. The Kier molecular flexibility index (Phi) is 7.10. The van der Waals surface area contributed by atoms with E-state index in [1.165, 1.54) is 0 Å². The number of nitrogens with zero attached hydrogens (tertiary/aromatic N) is 2. The standard InChI is InChI=1S/C25H22ClN5O3/c26-21-9-5-4-6-19(21)16-34-25(33)28-14-17-10-12-18(13-11-17)24(32)29-23-22(27)15-31(30-23)20-7-2-1-3-8-20/h1-13,15H,14,16,27H2,(H,28,33)(H,29,30,32). The summed E-state index contributed by atoms with van der Waals surface area (Å²) in [7, 11) is 0. The van der Waals surface area contributed by atoms with E-state index in [9.17, 15) is 9.59 Å². The van der Waals surface area contributed by atoms with Gasteiger partial charge in [-0.1, -0.05) is 60.1 Å². The Morgan fingerprint density at radius 1 is 0.971 bits per heavy atom. The van der Waals surface area contributed by atoms with Crippen LogP contribution in [0.3, 0.4) is 0 Å². The quantitative estimate of drug-likeness (QED) is 0.356. The lowest BCUT2D eigenvalue weighted by atomic mass is 10.1. The second kappa shape index (κ2) is 10.5. The average Bonchev–Trinajstić information content (AvgIpc) is 3.23. The van der Waals surface area contributed by atoms with Crippen molar-refractivity contribution < 1.29 is 14.3 Å². The molecule has 0 radical (unpaired) electrons. The highest BCUT2D eigenvalue weighted by Crippen LogP contribution is 2.20. The van der Waals surface area contributed by atoms with Gasteiger partial charge in [-0.25, -0.2) is 9.48 Å². The van der Waals surface area contributed by atoms with E-state index in [0.29, 0.717) is 16.3 Å². The van der Waals surface area contributed by atoms with Gasteiger partial charge in [-0.05, 0) is 35.9 Å². The molecule has 2 amide bonds. The highest BCUT2D eigenvalue weighted by molar-refractivity contribution is 6.31. The number of para-hydroxylation sites is 1. The van der Waals surface area contributed by atoms with Crippen LogP contribution in [0.2, 0.25) is 5.02 Å². The van der Waals surface area contributed by atoms with Crippen molar-refractivity contribution in [3.63, 3.8) is 0 Å². The van der Waals surface area contributed by atoms with Gasteiger partial charge in [0.1, 0.15) is 6.61 Å².